The van der Waals surface area contributed by atoms with Crippen LogP contribution in [-0.2, 0) is 4.79 Å². The van der Waals surface area contributed by atoms with Gasteiger partial charge in [-0.3, -0.25) is 14.5 Å². The van der Waals surface area contributed by atoms with E-state index in [0.717, 1.165) is 16.9 Å². The third-order valence-corrected chi connectivity index (χ3v) is 6.67. The summed E-state index contributed by atoms with van der Waals surface area (Å²) in [4.78, 5) is 27.8. The number of likely N-dealkylation sites (tertiary alicyclic amines) is 1. The molecule has 1 aliphatic rings. The number of thiophene rings is 1. The number of amides is 2. The van der Waals surface area contributed by atoms with Gasteiger partial charge in [-0.2, -0.15) is 0 Å². The van der Waals surface area contributed by atoms with Crippen molar-refractivity contribution in [2.24, 2.45) is 0 Å². The second kappa shape index (κ2) is 9.67. The summed E-state index contributed by atoms with van der Waals surface area (Å²) in [6.07, 6.45) is 2.39. The van der Waals surface area contributed by atoms with Gasteiger partial charge >= 0.3 is 0 Å². The first-order valence-electron chi connectivity index (χ1n) is 9.58. The summed E-state index contributed by atoms with van der Waals surface area (Å²) in [7, 11) is 0. The molecule has 5 nitrogen and oxygen atoms in total. The fourth-order valence-electron chi connectivity index (χ4n) is 3.42. The van der Waals surface area contributed by atoms with Crippen LogP contribution in [0.3, 0.4) is 0 Å². The molecule has 0 bridgehead atoms. The molecule has 150 valence electrons. The number of aryl methyl sites for hydroxylation is 1. The van der Waals surface area contributed by atoms with Crippen LogP contribution >= 0.6 is 27.3 Å². The number of hydrogen-bond acceptors (Lipinski definition) is 4. The molecule has 2 heterocycles. The van der Waals surface area contributed by atoms with E-state index in [1.165, 1.54) is 35.3 Å². The minimum absolute atomic E-state index is 0.156. The lowest BCUT2D eigenvalue weighted by Gasteiger charge is -2.29. The maximum absolute atomic E-state index is 12.6. The van der Waals surface area contributed by atoms with E-state index in [2.05, 4.69) is 62.7 Å². The van der Waals surface area contributed by atoms with E-state index in [1.54, 1.807) is 13.0 Å². The first-order chi connectivity index (χ1) is 13.4. The summed E-state index contributed by atoms with van der Waals surface area (Å²) in [5.74, 6) is -0.395. The second-order valence-electron chi connectivity index (χ2n) is 7.21. The van der Waals surface area contributed by atoms with Gasteiger partial charge < -0.3 is 10.6 Å². The van der Waals surface area contributed by atoms with Gasteiger partial charge in [0.2, 0.25) is 5.91 Å². The number of benzene rings is 1. The van der Waals surface area contributed by atoms with Crippen LogP contribution in [0.25, 0.3) is 0 Å². The normalized spacial score (nSPS) is 16.5. The molecule has 0 aliphatic carbocycles. The van der Waals surface area contributed by atoms with Crippen molar-refractivity contribution in [2.75, 3.05) is 19.6 Å². The molecule has 0 saturated carbocycles. The minimum atomic E-state index is -0.592. The van der Waals surface area contributed by atoms with Gasteiger partial charge in [-0.1, -0.05) is 29.8 Å². The van der Waals surface area contributed by atoms with E-state index in [0.29, 0.717) is 11.4 Å². The Morgan fingerprint density at radius 1 is 1.14 bits per heavy atom. The number of carbonyl (C=O) groups is 2. The van der Waals surface area contributed by atoms with E-state index in [1.807, 2.05) is 6.07 Å². The zero-order valence-corrected chi connectivity index (χ0v) is 18.6. The van der Waals surface area contributed by atoms with Gasteiger partial charge in [0.05, 0.1) is 14.7 Å². The van der Waals surface area contributed by atoms with Gasteiger partial charge in [0.25, 0.3) is 5.91 Å². The van der Waals surface area contributed by atoms with Gasteiger partial charge in [0, 0.05) is 6.54 Å². The molecule has 1 saturated heterocycles. The zero-order valence-electron chi connectivity index (χ0n) is 16.2. The average molecular weight is 464 g/mol. The summed E-state index contributed by atoms with van der Waals surface area (Å²) in [5.41, 5.74) is 2.44. The number of hydrogen-bond donors (Lipinski definition) is 2. The molecule has 1 aromatic heterocycles. The van der Waals surface area contributed by atoms with Crippen LogP contribution in [0.5, 0.6) is 0 Å². The van der Waals surface area contributed by atoms with Crippen LogP contribution < -0.4 is 10.6 Å². The SMILES string of the molecule is Cc1ccc(C(CNC(=O)C(C)NC(=O)c2ccc(Br)s2)N2CCCC2)cc1. The Hall–Kier alpha value is -1.70. The lowest BCUT2D eigenvalue weighted by molar-refractivity contribution is -0.122. The van der Waals surface area contributed by atoms with Crippen LogP contribution in [0.1, 0.15) is 46.6 Å². The Morgan fingerprint density at radius 2 is 1.82 bits per heavy atom. The molecule has 2 atom stereocenters. The summed E-state index contributed by atoms with van der Waals surface area (Å²) in [6.45, 7) is 6.42. The highest BCUT2D eigenvalue weighted by Gasteiger charge is 2.25. The predicted molar refractivity (Wildman–Crippen MR) is 117 cm³/mol. The number of carbonyl (C=O) groups excluding carboxylic acids is 2. The molecule has 3 rings (SSSR count). The van der Waals surface area contributed by atoms with Crippen molar-refractivity contribution in [3.63, 3.8) is 0 Å². The largest absolute Gasteiger partial charge is 0.352 e. The highest BCUT2D eigenvalue weighted by Crippen LogP contribution is 2.25. The molecule has 2 aromatic rings. The van der Waals surface area contributed by atoms with Crippen molar-refractivity contribution in [1.29, 1.82) is 0 Å². The highest BCUT2D eigenvalue weighted by atomic mass is 79.9. The third kappa shape index (κ3) is 5.43. The summed E-state index contributed by atoms with van der Waals surface area (Å²) < 4.78 is 0.890. The average Bonchev–Trinajstić information content (AvgIpc) is 3.35. The van der Waals surface area contributed by atoms with Crippen molar-refractivity contribution >= 4 is 39.1 Å². The molecular weight excluding hydrogens is 438 g/mol. The van der Waals surface area contributed by atoms with Gasteiger partial charge in [0.1, 0.15) is 6.04 Å². The van der Waals surface area contributed by atoms with E-state index in [9.17, 15) is 9.59 Å². The Labute approximate surface area is 178 Å². The first-order valence-corrected chi connectivity index (χ1v) is 11.2. The van der Waals surface area contributed by atoms with E-state index >= 15 is 0 Å². The van der Waals surface area contributed by atoms with Crippen LogP contribution in [-0.4, -0.2) is 42.4 Å². The van der Waals surface area contributed by atoms with Crippen LogP contribution in [0.15, 0.2) is 40.2 Å². The molecule has 2 unspecified atom stereocenters. The fourth-order valence-corrected chi connectivity index (χ4v) is 4.71. The van der Waals surface area contributed by atoms with E-state index in [4.69, 9.17) is 0 Å². The lowest BCUT2D eigenvalue weighted by atomic mass is 10.0. The summed E-state index contributed by atoms with van der Waals surface area (Å²) in [5, 5.41) is 5.81. The van der Waals surface area contributed by atoms with Gasteiger partial charge in [-0.05, 0) is 73.4 Å². The monoisotopic (exact) mass is 463 g/mol. The predicted octanol–water partition coefficient (Wildman–Crippen LogP) is 3.89. The van der Waals surface area contributed by atoms with Crippen LogP contribution in [0.4, 0.5) is 0 Å². The quantitative estimate of drug-likeness (QED) is 0.654. The molecule has 1 fully saturated rings. The highest BCUT2D eigenvalue weighted by molar-refractivity contribution is 9.11. The summed E-state index contributed by atoms with van der Waals surface area (Å²) in [6, 6.07) is 11.6. The molecule has 28 heavy (non-hydrogen) atoms. The van der Waals surface area contributed by atoms with Crippen molar-refractivity contribution in [3.8, 4) is 0 Å². The summed E-state index contributed by atoms with van der Waals surface area (Å²) >= 11 is 4.70. The third-order valence-electron chi connectivity index (χ3n) is 5.05. The van der Waals surface area contributed by atoms with Crippen LogP contribution in [0.2, 0.25) is 0 Å². The maximum Gasteiger partial charge on any atom is 0.262 e. The van der Waals surface area contributed by atoms with E-state index < -0.39 is 6.04 Å². The lowest BCUT2D eigenvalue weighted by Crippen LogP contribution is -2.47. The zero-order chi connectivity index (χ0) is 20.1. The first kappa shape index (κ1) is 21.0. The molecule has 1 aliphatic heterocycles. The van der Waals surface area contributed by atoms with E-state index in [-0.39, 0.29) is 17.9 Å². The van der Waals surface area contributed by atoms with Crippen molar-refractivity contribution in [3.05, 3.63) is 56.2 Å². The van der Waals surface area contributed by atoms with Crippen molar-refractivity contribution in [2.45, 2.75) is 38.8 Å². The van der Waals surface area contributed by atoms with Crippen molar-refractivity contribution in [1.82, 2.24) is 15.5 Å². The second-order valence-corrected chi connectivity index (χ2v) is 9.68. The Balaban J connectivity index is 1.59. The molecule has 0 radical (unpaired) electrons. The molecule has 2 amide bonds. The minimum Gasteiger partial charge on any atom is -0.352 e. The maximum atomic E-state index is 12.6. The number of rotatable bonds is 7. The molecular formula is C21H26BrN3O2S. The number of halogens is 1. The molecule has 1 aromatic carbocycles. The van der Waals surface area contributed by atoms with Gasteiger partial charge in [-0.15, -0.1) is 11.3 Å². The smallest absolute Gasteiger partial charge is 0.262 e. The fraction of sp³-hybridized carbons (Fsp3) is 0.429. The molecule has 0 spiro atoms. The standard InChI is InChI=1S/C21H26BrN3O2S/c1-14-5-7-16(8-6-14)17(25-11-3-4-12-25)13-23-20(26)15(2)24-21(27)18-9-10-19(22)28-18/h5-10,15,17H,3-4,11-13H2,1-2H3,(H,23,26)(H,24,27). The Kier molecular flexibility index (Phi) is 7.26. The topological polar surface area (TPSA) is 61.4 Å². The molecule has 7 heteroatoms. The van der Waals surface area contributed by atoms with Gasteiger partial charge in [0.15, 0.2) is 0 Å². The van der Waals surface area contributed by atoms with Crippen LogP contribution in [0, 0.1) is 6.92 Å². The van der Waals surface area contributed by atoms with Gasteiger partial charge in [-0.25, -0.2) is 0 Å². The molecule has 2 N–H and O–H groups in total. The Bertz CT molecular complexity index is 815. The Morgan fingerprint density at radius 3 is 2.43 bits per heavy atom. The number of nitrogens with one attached hydrogen (secondary N) is 2. The number of nitrogens with zero attached hydrogens (tertiary/aromatic N) is 1. The van der Waals surface area contributed by atoms with Crippen molar-refractivity contribution < 1.29 is 9.59 Å².